The van der Waals surface area contributed by atoms with Gasteiger partial charge in [-0.15, -0.1) is 0 Å². The molecule has 0 fully saturated rings. The van der Waals surface area contributed by atoms with Gasteiger partial charge < -0.3 is 4.42 Å². The highest BCUT2D eigenvalue weighted by atomic mass is 16.3. The van der Waals surface area contributed by atoms with Gasteiger partial charge in [-0.3, -0.25) is 5.43 Å². The van der Waals surface area contributed by atoms with Gasteiger partial charge in [0.25, 0.3) is 0 Å². The van der Waals surface area contributed by atoms with Crippen molar-refractivity contribution in [3.05, 3.63) is 53.0 Å². The fraction of sp³-hybridized carbons (Fsp3) is 0.267. The topological polar surface area (TPSA) is 37.5 Å². The lowest BCUT2D eigenvalue weighted by Crippen LogP contribution is -1.99. The minimum atomic E-state index is 0.840. The number of nitrogens with zero attached hydrogens (tertiary/aromatic N) is 1. The van der Waals surface area contributed by atoms with Gasteiger partial charge in [-0.1, -0.05) is 17.7 Å². The minimum absolute atomic E-state index is 0.840. The van der Waals surface area contributed by atoms with Crippen molar-refractivity contribution in [3.8, 4) is 0 Å². The third kappa shape index (κ3) is 2.80. The summed E-state index contributed by atoms with van der Waals surface area (Å²) in [4.78, 5) is 0. The van der Waals surface area contributed by atoms with E-state index in [2.05, 4.69) is 29.6 Å². The number of furan rings is 1. The molecule has 3 nitrogen and oxygen atoms in total. The molecule has 94 valence electrons. The highest BCUT2D eigenvalue weighted by Gasteiger charge is 2.07. The standard InChI is InChI=1S/C15H18N2O/c1-10-5-7-14(8-6-10)17-16-13(4)15-11(2)9-12(3)18-15/h5-9,17H,1-4H3. The number of benzene rings is 1. The fourth-order valence-corrected chi connectivity index (χ4v) is 1.83. The van der Waals surface area contributed by atoms with Gasteiger partial charge in [-0.25, -0.2) is 0 Å². The molecular formula is C15H18N2O. The van der Waals surface area contributed by atoms with Gasteiger partial charge in [0.2, 0.25) is 0 Å². The van der Waals surface area contributed by atoms with Crippen LogP contribution in [0.4, 0.5) is 5.69 Å². The van der Waals surface area contributed by atoms with Gasteiger partial charge in [0.05, 0.1) is 5.69 Å². The van der Waals surface area contributed by atoms with E-state index < -0.39 is 0 Å². The zero-order valence-electron chi connectivity index (χ0n) is 11.2. The minimum Gasteiger partial charge on any atom is -0.460 e. The van der Waals surface area contributed by atoms with Crippen molar-refractivity contribution in [2.45, 2.75) is 27.7 Å². The molecule has 3 heteroatoms. The maximum atomic E-state index is 5.61. The lowest BCUT2D eigenvalue weighted by molar-refractivity contribution is 0.523. The van der Waals surface area contributed by atoms with Crippen LogP contribution in [0, 0.1) is 20.8 Å². The molecule has 0 atom stereocenters. The number of nitrogens with one attached hydrogen (secondary N) is 1. The van der Waals surface area contributed by atoms with Gasteiger partial charge in [0.1, 0.15) is 11.5 Å². The van der Waals surface area contributed by atoms with Crippen LogP contribution in [0.1, 0.15) is 29.6 Å². The van der Waals surface area contributed by atoms with Crippen LogP contribution in [0.15, 0.2) is 39.9 Å². The Labute approximate surface area is 108 Å². The molecule has 0 unspecified atom stereocenters. The molecule has 2 rings (SSSR count). The fourth-order valence-electron chi connectivity index (χ4n) is 1.83. The van der Waals surface area contributed by atoms with Crippen LogP contribution >= 0.6 is 0 Å². The largest absolute Gasteiger partial charge is 0.460 e. The smallest absolute Gasteiger partial charge is 0.152 e. The second-order valence-corrected chi connectivity index (χ2v) is 4.54. The first kappa shape index (κ1) is 12.4. The maximum absolute atomic E-state index is 5.61. The third-order valence-electron chi connectivity index (χ3n) is 2.77. The first-order valence-electron chi connectivity index (χ1n) is 6.00. The molecule has 0 spiro atoms. The molecule has 0 amide bonds. The SMILES string of the molecule is CC(=NNc1ccc(C)cc1)c1oc(C)cc1C. The summed E-state index contributed by atoms with van der Waals surface area (Å²) in [6, 6.07) is 10.1. The molecule has 1 heterocycles. The highest BCUT2D eigenvalue weighted by molar-refractivity contribution is 5.97. The summed E-state index contributed by atoms with van der Waals surface area (Å²) in [6.07, 6.45) is 0. The Hall–Kier alpha value is -2.03. The Balaban J connectivity index is 2.14. The van der Waals surface area contributed by atoms with Crippen molar-refractivity contribution in [1.82, 2.24) is 0 Å². The molecule has 0 aliphatic heterocycles. The van der Waals surface area contributed by atoms with E-state index in [0.717, 1.165) is 28.5 Å². The number of hydrazone groups is 1. The molecule has 1 aromatic heterocycles. The average molecular weight is 242 g/mol. The zero-order chi connectivity index (χ0) is 13.1. The van der Waals surface area contributed by atoms with E-state index in [-0.39, 0.29) is 0 Å². The van der Waals surface area contributed by atoms with Crippen molar-refractivity contribution in [2.75, 3.05) is 5.43 Å². The number of rotatable bonds is 3. The van der Waals surface area contributed by atoms with E-state index in [1.807, 2.05) is 39.0 Å². The lowest BCUT2D eigenvalue weighted by atomic mass is 10.2. The summed E-state index contributed by atoms with van der Waals surface area (Å²) in [5.41, 5.74) is 7.20. The van der Waals surface area contributed by atoms with Crippen LogP contribution < -0.4 is 5.43 Å². The number of aryl methyl sites for hydroxylation is 3. The van der Waals surface area contributed by atoms with Gasteiger partial charge >= 0.3 is 0 Å². The molecule has 0 saturated heterocycles. The first-order chi connectivity index (χ1) is 8.56. The molecule has 0 aliphatic rings. The molecule has 18 heavy (non-hydrogen) atoms. The Morgan fingerprint density at radius 1 is 1.11 bits per heavy atom. The van der Waals surface area contributed by atoms with Crippen molar-refractivity contribution >= 4 is 11.4 Å². The summed E-state index contributed by atoms with van der Waals surface area (Å²) < 4.78 is 5.61. The van der Waals surface area contributed by atoms with Crippen LogP contribution in [0.25, 0.3) is 0 Å². The van der Waals surface area contributed by atoms with Crippen molar-refractivity contribution in [3.63, 3.8) is 0 Å². The third-order valence-corrected chi connectivity index (χ3v) is 2.77. The van der Waals surface area contributed by atoms with Crippen LogP contribution in [0.5, 0.6) is 0 Å². The molecule has 0 aliphatic carbocycles. The van der Waals surface area contributed by atoms with Crippen LogP contribution in [-0.2, 0) is 0 Å². The summed E-state index contributed by atoms with van der Waals surface area (Å²) in [5, 5.41) is 4.34. The van der Waals surface area contributed by atoms with Crippen LogP contribution in [-0.4, -0.2) is 5.71 Å². The lowest BCUT2D eigenvalue weighted by Gasteiger charge is -2.03. The molecule has 1 aromatic carbocycles. The number of hydrogen-bond acceptors (Lipinski definition) is 3. The van der Waals surface area contributed by atoms with E-state index in [4.69, 9.17) is 4.42 Å². The van der Waals surface area contributed by atoms with E-state index >= 15 is 0 Å². The Bertz CT molecular complexity index is 565. The second-order valence-electron chi connectivity index (χ2n) is 4.54. The van der Waals surface area contributed by atoms with Crippen molar-refractivity contribution < 1.29 is 4.42 Å². The molecule has 0 saturated carbocycles. The maximum Gasteiger partial charge on any atom is 0.152 e. The number of hydrogen-bond donors (Lipinski definition) is 1. The molecule has 2 aromatic rings. The summed E-state index contributed by atoms with van der Waals surface area (Å²) in [5.74, 6) is 1.75. The van der Waals surface area contributed by atoms with Gasteiger partial charge in [-0.05, 0) is 51.5 Å². The average Bonchev–Trinajstić information content (AvgIpc) is 2.67. The van der Waals surface area contributed by atoms with Crippen molar-refractivity contribution in [1.29, 1.82) is 0 Å². The first-order valence-corrected chi connectivity index (χ1v) is 6.00. The van der Waals surface area contributed by atoms with Gasteiger partial charge in [-0.2, -0.15) is 5.10 Å². The van der Waals surface area contributed by atoms with Crippen LogP contribution in [0.2, 0.25) is 0 Å². The highest BCUT2D eigenvalue weighted by Crippen LogP contribution is 2.15. The summed E-state index contributed by atoms with van der Waals surface area (Å²) in [7, 11) is 0. The normalized spacial score (nSPS) is 11.7. The number of anilines is 1. The second kappa shape index (κ2) is 5.08. The van der Waals surface area contributed by atoms with E-state index in [9.17, 15) is 0 Å². The summed E-state index contributed by atoms with van der Waals surface area (Å²) in [6.45, 7) is 7.97. The predicted molar refractivity (Wildman–Crippen MR) is 75.2 cm³/mol. The molecule has 1 N–H and O–H groups in total. The predicted octanol–water partition coefficient (Wildman–Crippen LogP) is 4.04. The Morgan fingerprint density at radius 2 is 1.78 bits per heavy atom. The Kier molecular flexibility index (Phi) is 3.51. The van der Waals surface area contributed by atoms with E-state index in [0.29, 0.717) is 0 Å². The zero-order valence-corrected chi connectivity index (χ0v) is 11.2. The monoisotopic (exact) mass is 242 g/mol. The van der Waals surface area contributed by atoms with E-state index in [1.54, 1.807) is 0 Å². The molecule has 0 radical (unpaired) electrons. The molecule has 0 bridgehead atoms. The summed E-state index contributed by atoms with van der Waals surface area (Å²) >= 11 is 0. The van der Waals surface area contributed by atoms with E-state index in [1.165, 1.54) is 5.56 Å². The van der Waals surface area contributed by atoms with Crippen LogP contribution in [0.3, 0.4) is 0 Å². The van der Waals surface area contributed by atoms with Gasteiger partial charge in [0.15, 0.2) is 5.76 Å². The molecular weight excluding hydrogens is 224 g/mol. The van der Waals surface area contributed by atoms with Gasteiger partial charge in [0, 0.05) is 0 Å². The van der Waals surface area contributed by atoms with Crippen molar-refractivity contribution in [2.24, 2.45) is 5.10 Å². The Morgan fingerprint density at radius 3 is 2.33 bits per heavy atom. The quantitative estimate of drug-likeness (QED) is 0.651.